The van der Waals surface area contributed by atoms with Crippen LogP contribution in [0.2, 0.25) is 0 Å². The van der Waals surface area contributed by atoms with E-state index in [4.69, 9.17) is 4.74 Å². The maximum atomic E-state index is 12.4. The van der Waals surface area contributed by atoms with Crippen molar-refractivity contribution in [1.82, 2.24) is 9.80 Å². The second-order valence-corrected chi connectivity index (χ2v) is 6.90. The van der Waals surface area contributed by atoms with E-state index in [-0.39, 0.29) is 5.91 Å². The molecule has 0 unspecified atom stereocenters. The Labute approximate surface area is 161 Å². The van der Waals surface area contributed by atoms with Gasteiger partial charge in [-0.15, -0.1) is 0 Å². The number of hydrogen-bond acceptors (Lipinski definition) is 4. The van der Waals surface area contributed by atoms with E-state index >= 15 is 0 Å². The van der Waals surface area contributed by atoms with Crippen LogP contribution in [0.4, 0.5) is 5.69 Å². The van der Waals surface area contributed by atoms with Crippen LogP contribution in [0.25, 0.3) is 0 Å². The Balaban J connectivity index is 1.44. The van der Waals surface area contributed by atoms with Gasteiger partial charge in [-0.3, -0.25) is 14.6 Å². The molecule has 1 aliphatic heterocycles. The average Bonchev–Trinajstić information content (AvgIpc) is 2.89. The molecule has 1 fully saturated rings. The quantitative estimate of drug-likeness (QED) is 0.816. The first-order valence-corrected chi connectivity index (χ1v) is 9.74. The molecule has 27 heavy (non-hydrogen) atoms. The molecule has 1 heterocycles. The molecule has 0 aromatic heterocycles. The van der Waals surface area contributed by atoms with Crippen molar-refractivity contribution < 1.29 is 9.53 Å². The summed E-state index contributed by atoms with van der Waals surface area (Å²) in [7, 11) is 0. The zero-order chi connectivity index (χ0) is 18.9. The third kappa shape index (κ3) is 6.38. The number of anilines is 1. The van der Waals surface area contributed by atoms with Gasteiger partial charge in [0.1, 0.15) is 5.75 Å². The third-order valence-electron chi connectivity index (χ3n) is 4.75. The van der Waals surface area contributed by atoms with Gasteiger partial charge in [-0.1, -0.05) is 30.3 Å². The van der Waals surface area contributed by atoms with Gasteiger partial charge in [0, 0.05) is 25.3 Å². The smallest absolute Gasteiger partial charge is 0.238 e. The van der Waals surface area contributed by atoms with Crippen LogP contribution in [0.3, 0.4) is 0 Å². The number of rotatable bonds is 7. The average molecular weight is 367 g/mol. The molecular formula is C22H29N3O2. The summed E-state index contributed by atoms with van der Waals surface area (Å²) in [5.74, 6) is 0.859. The molecule has 1 amide bonds. The predicted octanol–water partition coefficient (Wildman–Crippen LogP) is 3.23. The van der Waals surface area contributed by atoms with Crippen molar-refractivity contribution in [2.45, 2.75) is 19.9 Å². The minimum absolute atomic E-state index is 0.0377. The summed E-state index contributed by atoms with van der Waals surface area (Å²) in [6.07, 6.45) is 1.09. The summed E-state index contributed by atoms with van der Waals surface area (Å²) < 4.78 is 5.43. The minimum Gasteiger partial charge on any atom is -0.494 e. The van der Waals surface area contributed by atoms with Crippen LogP contribution in [-0.4, -0.2) is 55.0 Å². The molecule has 1 saturated heterocycles. The summed E-state index contributed by atoms with van der Waals surface area (Å²) in [5, 5.41) is 2.98. The summed E-state index contributed by atoms with van der Waals surface area (Å²) in [5.41, 5.74) is 2.16. The summed E-state index contributed by atoms with van der Waals surface area (Å²) >= 11 is 0. The SMILES string of the molecule is CCOc1ccc(NC(=O)CN2CCCN(Cc3ccccc3)CC2)cc1. The van der Waals surface area contributed by atoms with Gasteiger partial charge in [0.25, 0.3) is 0 Å². The monoisotopic (exact) mass is 367 g/mol. The lowest BCUT2D eigenvalue weighted by molar-refractivity contribution is -0.117. The maximum Gasteiger partial charge on any atom is 0.238 e. The molecule has 144 valence electrons. The second-order valence-electron chi connectivity index (χ2n) is 6.90. The van der Waals surface area contributed by atoms with E-state index in [1.54, 1.807) is 0 Å². The van der Waals surface area contributed by atoms with Crippen molar-refractivity contribution in [2.75, 3.05) is 44.6 Å². The van der Waals surface area contributed by atoms with Gasteiger partial charge in [-0.25, -0.2) is 0 Å². The van der Waals surface area contributed by atoms with E-state index in [0.29, 0.717) is 13.2 Å². The van der Waals surface area contributed by atoms with Gasteiger partial charge >= 0.3 is 0 Å². The molecule has 2 aromatic rings. The Morgan fingerprint density at radius 3 is 2.41 bits per heavy atom. The fourth-order valence-electron chi connectivity index (χ4n) is 3.39. The molecule has 3 rings (SSSR count). The standard InChI is InChI=1S/C22H29N3O2/c1-2-27-21-11-9-20(10-12-21)23-22(26)18-25-14-6-13-24(15-16-25)17-19-7-4-3-5-8-19/h3-5,7-12H,2,6,13-18H2,1H3,(H,23,26). The molecule has 1 N–H and O–H groups in total. The zero-order valence-corrected chi connectivity index (χ0v) is 16.1. The Morgan fingerprint density at radius 2 is 1.67 bits per heavy atom. The van der Waals surface area contributed by atoms with Gasteiger partial charge in [0.2, 0.25) is 5.91 Å². The maximum absolute atomic E-state index is 12.4. The Kier molecular flexibility index (Phi) is 7.25. The van der Waals surface area contributed by atoms with E-state index < -0.39 is 0 Å². The molecule has 0 atom stereocenters. The fourth-order valence-corrected chi connectivity index (χ4v) is 3.39. The lowest BCUT2D eigenvalue weighted by Gasteiger charge is -2.21. The van der Waals surface area contributed by atoms with Gasteiger partial charge in [0.05, 0.1) is 13.2 Å². The van der Waals surface area contributed by atoms with Crippen LogP contribution in [0.5, 0.6) is 5.75 Å². The molecule has 0 aliphatic carbocycles. The first kappa shape index (κ1) is 19.4. The van der Waals surface area contributed by atoms with Gasteiger partial charge in [-0.05, 0) is 56.3 Å². The molecule has 0 saturated carbocycles. The van der Waals surface area contributed by atoms with Crippen LogP contribution in [0, 0.1) is 0 Å². The van der Waals surface area contributed by atoms with Crippen LogP contribution >= 0.6 is 0 Å². The van der Waals surface area contributed by atoms with Crippen molar-refractivity contribution in [3.8, 4) is 5.75 Å². The molecule has 0 radical (unpaired) electrons. The van der Waals surface area contributed by atoms with Crippen LogP contribution in [0.15, 0.2) is 54.6 Å². The van der Waals surface area contributed by atoms with Gasteiger partial charge in [0.15, 0.2) is 0 Å². The Bertz CT molecular complexity index is 703. The van der Waals surface area contributed by atoms with Gasteiger partial charge < -0.3 is 10.1 Å². The van der Waals surface area contributed by atoms with Crippen molar-refractivity contribution in [1.29, 1.82) is 0 Å². The highest BCUT2D eigenvalue weighted by Gasteiger charge is 2.17. The summed E-state index contributed by atoms with van der Waals surface area (Å²) in [6, 6.07) is 18.1. The summed E-state index contributed by atoms with van der Waals surface area (Å²) in [6.45, 7) is 7.96. The second kappa shape index (κ2) is 10.1. The zero-order valence-electron chi connectivity index (χ0n) is 16.1. The van der Waals surface area contributed by atoms with E-state index in [9.17, 15) is 4.79 Å². The van der Waals surface area contributed by atoms with E-state index in [1.165, 1.54) is 5.56 Å². The number of nitrogens with one attached hydrogen (secondary N) is 1. The van der Waals surface area contributed by atoms with Crippen molar-refractivity contribution >= 4 is 11.6 Å². The molecule has 1 aliphatic rings. The molecule has 2 aromatic carbocycles. The van der Waals surface area contributed by atoms with E-state index in [2.05, 4.69) is 45.4 Å². The number of nitrogens with zero attached hydrogens (tertiary/aromatic N) is 2. The van der Waals surface area contributed by atoms with E-state index in [1.807, 2.05) is 31.2 Å². The van der Waals surface area contributed by atoms with E-state index in [0.717, 1.165) is 50.6 Å². The van der Waals surface area contributed by atoms with Crippen LogP contribution in [0.1, 0.15) is 18.9 Å². The lowest BCUT2D eigenvalue weighted by atomic mass is 10.2. The van der Waals surface area contributed by atoms with Crippen LogP contribution < -0.4 is 10.1 Å². The first-order valence-electron chi connectivity index (χ1n) is 9.74. The lowest BCUT2D eigenvalue weighted by Crippen LogP contribution is -2.36. The molecular weight excluding hydrogens is 338 g/mol. The van der Waals surface area contributed by atoms with Crippen molar-refractivity contribution in [3.05, 3.63) is 60.2 Å². The fraction of sp³-hybridized carbons (Fsp3) is 0.409. The normalized spacial score (nSPS) is 15.9. The largest absolute Gasteiger partial charge is 0.494 e. The Hall–Kier alpha value is -2.37. The third-order valence-corrected chi connectivity index (χ3v) is 4.75. The number of hydrogen-bond donors (Lipinski definition) is 1. The highest BCUT2D eigenvalue weighted by molar-refractivity contribution is 5.92. The molecule has 5 nitrogen and oxygen atoms in total. The first-order chi connectivity index (χ1) is 13.2. The van der Waals surface area contributed by atoms with Crippen LogP contribution in [-0.2, 0) is 11.3 Å². The number of ether oxygens (including phenoxy) is 1. The number of carbonyl (C=O) groups is 1. The highest BCUT2D eigenvalue weighted by atomic mass is 16.5. The Morgan fingerprint density at radius 1 is 0.963 bits per heavy atom. The number of carbonyl (C=O) groups excluding carboxylic acids is 1. The van der Waals surface area contributed by atoms with Crippen molar-refractivity contribution in [3.63, 3.8) is 0 Å². The predicted molar refractivity (Wildman–Crippen MR) is 109 cm³/mol. The minimum atomic E-state index is 0.0377. The topological polar surface area (TPSA) is 44.8 Å². The van der Waals surface area contributed by atoms with Gasteiger partial charge in [-0.2, -0.15) is 0 Å². The highest BCUT2D eigenvalue weighted by Crippen LogP contribution is 2.16. The summed E-state index contributed by atoms with van der Waals surface area (Å²) in [4.78, 5) is 17.1. The molecule has 5 heteroatoms. The molecule has 0 spiro atoms. The van der Waals surface area contributed by atoms with Crippen molar-refractivity contribution in [2.24, 2.45) is 0 Å². The number of amides is 1. The molecule has 0 bridgehead atoms. The number of benzene rings is 2.